The van der Waals surface area contributed by atoms with E-state index in [4.69, 9.17) is 0 Å². The van der Waals surface area contributed by atoms with E-state index in [0.717, 1.165) is 0 Å². The number of fused-ring (bicyclic) bond motifs is 1. The molecular weight excluding hydrogens is 260 g/mol. The highest BCUT2D eigenvalue weighted by Gasteiger charge is 2.35. The molecule has 6 heteroatoms. The third-order valence-corrected chi connectivity index (χ3v) is 3.36. The molecule has 1 aromatic rings. The van der Waals surface area contributed by atoms with Crippen LogP contribution in [-0.2, 0) is 16.1 Å². The first-order valence-corrected chi connectivity index (χ1v) is 6.45. The predicted octanol–water partition coefficient (Wildman–Crippen LogP) is 0.789. The molecule has 0 bridgehead atoms. The lowest BCUT2D eigenvalue weighted by Gasteiger charge is -2.25. The summed E-state index contributed by atoms with van der Waals surface area (Å²) < 4.78 is 0. The number of hydrogen-bond donors (Lipinski definition) is 2. The van der Waals surface area contributed by atoms with Crippen LogP contribution >= 0.6 is 0 Å². The van der Waals surface area contributed by atoms with Gasteiger partial charge in [0, 0.05) is 12.1 Å². The second kappa shape index (κ2) is 5.73. The van der Waals surface area contributed by atoms with Crippen LogP contribution < -0.4 is 5.32 Å². The Morgan fingerprint density at radius 2 is 2.30 bits per heavy atom. The molecule has 0 saturated heterocycles. The number of phenolic OH excluding ortho intramolecular Hbond substituents is 1. The van der Waals surface area contributed by atoms with Gasteiger partial charge in [0.2, 0.25) is 12.3 Å². The average Bonchev–Trinajstić information content (AvgIpc) is 2.72. The van der Waals surface area contributed by atoms with Crippen molar-refractivity contribution in [2.45, 2.75) is 32.4 Å². The number of aromatic hydroxyl groups is 1. The summed E-state index contributed by atoms with van der Waals surface area (Å²) in [5, 5.41) is 11.6. The van der Waals surface area contributed by atoms with E-state index < -0.39 is 11.9 Å². The summed E-state index contributed by atoms with van der Waals surface area (Å²) in [5.74, 6) is -0.644. The highest BCUT2D eigenvalue weighted by Crippen LogP contribution is 2.28. The minimum Gasteiger partial charge on any atom is -0.508 e. The van der Waals surface area contributed by atoms with Crippen molar-refractivity contribution in [3.8, 4) is 5.75 Å². The molecule has 0 spiro atoms. The van der Waals surface area contributed by atoms with Crippen LogP contribution in [0, 0.1) is 0 Å². The molecule has 2 N–H and O–H groups in total. The average molecular weight is 276 g/mol. The topological polar surface area (TPSA) is 86.7 Å². The molecular formula is C14H16N2O4. The van der Waals surface area contributed by atoms with Gasteiger partial charge < -0.3 is 10.0 Å². The first kappa shape index (κ1) is 14.0. The molecule has 1 aliphatic rings. The summed E-state index contributed by atoms with van der Waals surface area (Å²) >= 11 is 0. The summed E-state index contributed by atoms with van der Waals surface area (Å²) in [7, 11) is 0. The second-order valence-electron chi connectivity index (χ2n) is 4.71. The highest BCUT2D eigenvalue weighted by atomic mass is 16.3. The smallest absolute Gasteiger partial charge is 0.255 e. The van der Waals surface area contributed by atoms with Gasteiger partial charge in [-0.05, 0) is 30.2 Å². The summed E-state index contributed by atoms with van der Waals surface area (Å²) in [4.78, 5) is 36.1. The molecule has 6 nitrogen and oxygen atoms in total. The van der Waals surface area contributed by atoms with Gasteiger partial charge in [-0.3, -0.25) is 19.7 Å². The second-order valence-corrected chi connectivity index (χ2v) is 4.71. The predicted molar refractivity (Wildman–Crippen MR) is 70.9 cm³/mol. The molecule has 1 unspecified atom stereocenters. The van der Waals surface area contributed by atoms with Crippen LogP contribution in [0.3, 0.4) is 0 Å². The fraction of sp³-hybridized carbons (Fsp3) is 0.357. The van der Waals surface area contributed by atoms with E-state index in [0.29, 0.717) is 30.4 Å². The maximum absolute atomic E-state index is 12.3. The number of rotatable bonds is 5. The maximum Gasteiger partial charge on any atom is 0.255 e. The number of nitrogens with one attached hydrogen (secondary N) is 1. The van der Waals surface area contributed by atoms with Crippen molar-refractivity contribution in [2.24, 2.45) is 0 Å². The van der Waals surface area contributed by atoms with Crippen molar-refractivity contribution in [3.05, 3.63) is 29.3 Å². The molecule has 1 atom stereocenters. The summed E-state index contributed by atoms with van der Waals surface area (Å²) in [6, 6.07) is 3.84. The van der Waals surface area contributed by atoms with E-state index >= 15 is 0 Å². The molecule has 0 fully saturated rings. The lowest BCUT2D eigenvalue weighted by Crippen LogP contribution is -2.46. The van der Waals surface area contributed by atoms with Crippen LogP contribution in [-0.4, -0.2) is 34.3 Å². The van der Waals surface area contributed by atoms with Crippen molar-refractivity contribution in [2.75, 3.05) is 0 Å². The van der Waals surface area contributed by atoms with Crippen molar-refractivity contribution in [1.29, 1.82) is 0 Å². The molecule has 0 aliphatic carbocycles. The Bertz CT molecular complexity index is 556. The molecule has 3 amide bonds. The SMILES string of the molecule is CCCC(C(=O)NC=O)N1Cc2cc(O)ccc2C1=O. The van der Waals surface area contributed by atoms with Crippen molar-refractivity contribution >= 4 is 18.2 Å². The van der Waals surface area contributed by atoms with Crippen molar-refractivity contribution in [3.63, 3.8) is 0 Å². The third-order valence-electron chi connectivity index (χ3n) is 3.36. The quantitative estimate of drug-likeness (QED) is 0.778. The van der Waals surface area contributed by atoms with Crippen LogP contribution in [0.5, 0.6) is 5.75 Å². The zero-order valence-electron chi connectivity index (χ0n) is 11.1. The normalized spacial score (nSPS) is 14.8. The monoisotopic (exact) mass is 276 g/mol. The van der Waals surface area contributed by atoms with E-state index in [1.807, 2.05) is 6.92 Å². The molecule has 0 radical (unpaired) electrons. The lowest BCUT2D eigenvalue weighted by atomic mass is 10.1. The van der Waals surface area contributed by atoms with E-state index in [-0.39, 0.29) is 18.2 Å². The number of phenols is 1. The lowest BCUT2D eigenvalue weighted by molar-refractivity contribution is -0.129. The van der Waals surface area contributed by atoms with Crippen molar-refractivity contribution in [1.82, 2.24) is 10.2 Å². The van der Waals surface area contributed by atoms with Gasteiger partial charge in [0.25, 0.3) is 5.91 Å². The molecule has 0 saturated carbocycles. The van der Waals surface area contributed by atoms with E-state index in [9.17, 15) is 19.5 Å². The van der Waals surface area contributed by atoms with Gasteiger partial charge in [-0.25, -0.2) is 0 Å². The van der Waals surface area contributed by atoms with Gasteiger partial charge in [0.05, 0.1) is 0 Å². The summed E-state index contributed by atoms with van der Waals surface area (Å²) in [5.41, 5.74) is 1.18. The molecule has 20 heavy (non-hydrogen) atoms. The van der Waals surface area contributed by atoms with Gasteiger partial charge in [0.15, 0.2) is 0 Å². The van der Waals surface area contributed by atoms with Crippen LogP contribution in [0.2, 0.25) is 0 Å². The molecule has 106 valence electrons. The van der Waals surface area contributed by atoms with Crippen LogP contribution in [0.25, 0.3) is 0 Å². The Morgan fingerprint density at radius 3 is 2.95 bits per heavy atom. The molecule has 1 aromatic carbocycles. The Kier molecular flexibility index (Phi) is 4.02. The van der Waals surface area contributed by atoms with Gasteiger partial charge in [0.1, 0.15) is 11.8 Å². The summed E-state index contributed by atoms with van der Waals surface area (Å²) in [6.45, 7) is 2.17. The first-order chi connectivity index (χ1) is 9.58. The van der Waals surface area contributed by atoms with Crippen LogP contribution in [0.1, 0.15) is 35.7 Å². The Balaban J connectivity index is 2.26. The van der Waals surface area contributed by atoms with Gasteiger partial charge in [-0.2, -0.15) is 0 Å². The van der Waals surface area contributed by atoms with E-state index in [1.165, 1.54) is 17.0 Å². The number of nitrogens with zero attached hydrogens (tertiary/aromatic N) is 1. The Hall–Kier alpha value is -2.37. The summed E-state index contributed by atoms with van der Waals surface area (Å²) in [6.07, 6.45) is 1.51. The molecule has 0 aromatic heterocycles. The van der Waals surface area contributed by atoms with Gasteiger partial charge in [-0.1, -0.05) is 13.3 Å². The number of benzene rings is 1. The first-order valence-electron chi connectivity index (χ1n) is 6.45. The highest BCUT2D eigenvalue weighted by molar-refractivity contribution is 6.02. The number of amides is 3. The minimum atomic E-state index is -0.674. The zero-order chi connectivity index (χ0) is 14.7. The standard InChI is InChI=1S/C14H16N2O4/c1-2-3-12(13(19)15-8-17)16-7-9-6-10(18)4-5-11(9)14(16)20/h4-6,8,12,18H,2-3,7H2,1H3,(H,15,17,19). The number of imide groups is 1. The van der Waals surface area contributed by atoms with Gasteiger partial charge >= 0.3 is 0 Å². The van der Waals surface area contributed by atoms with E-state index in [1.54, 1.807) is 6.07 Å². The Labute approximate surface area is 116 Å². The largest absolute Gasteiger partial charge is 0.508 e. The molecule has 1 aliphatic heterocycles. The van der Waals surface area contributed by atoms with E-state index in [2.05, 4.69) is 5.32 Å². The third kappa shape index (κ3) is 2.49. The molecule has 2 rings (SSSR count). The fourth-order valence-electron chi connectivity index (χ4n) is 2.44. The Morgan fingerprint density at radius 1 is 1.55 bits per heavy atom. The van der Waals surface area contributed by atoms with Crippen LogP contribution in [0.4, 0.5) is 0 Å². The number of carbonyl (C=O) groups excluding carboxylic acids is 3. The number of hydrogen-bond acceptors (Lipinski definition) is 4. The molecule has 1 heterocycles. The zero-order valence-corrected chi connectivity index (χ0v) is 11.1. The number of carbonyl (C=O) groups is 3. The maximum atomic E-state index is 12.3. The van der Waals surface area contributed by atoms with Crippen LogP contribution in [0.15, 0.2) is 18.2 Å². The fourth-order valence-corrected chi connectivity index (χ4v) is 2.44. The van der Waals surface area contributed by atoms with Gasteiger partial charge in [-0.15, -0.1) is 0 Å². The minimum absolute atomic E-state index is 0.0859. The van der Waals surface area contributed by atoms with Crippen molar-refractivity contribution < 1.29 is 19.5 Å².